The molecule has 2 N–H and O–H groups in total. The zero-order valence-electron chi connectivity index (χ0n) is 16.6. The fraction of sp³-hybridized carbons (Fsp3) is 0.273. The highest BCUT2D eigenvalue weighted by Crippen LogP contribution is 2.46. The van der Waals surface area contributed by atoms with Gasteiger partial charge in [-0.1, -0.05) is 71.8 Å². The number of aryl methyl sites for hydroxylation is 1. The largest absolute Gasteiger partial charge is 0.410 e. The van der Waals surface area contributed by atoms with Crippen LogP contribution in [0.5, 0.6) is 0 Å². The molecule has 162 valence electrons. The molecule has 4 rings (SSSR count). The van der Waals surface area contributed by atoms with Gasteiger partial charge in [-0.05, 0) is 18.1 Å². The van der Waals surface area contributed by atoms with Crippen LogP contribution in [0, 0.1) is 6.92 Å². The van der Waals surface area contributed by atoms with E-state index in [1.807, 2.05) is 49.4 Å². The van der Waals surface area contributed by atoms with Crippen molar-refractivity contribution in [3.8, 4) is 0 Å². The van der Waals surface area contributed by atoms with Crippen LogP contribution in [0.4, 0.5) is 19.0 Å². The molecule has 3 aromatic rings. The average molecular weight is 449 g/mol. The van der Waals surface area contributed by atoms with Gasteiger partial charge in [-0.25, -0.2) is 4.68 Å². The number of alkyl halides is 3. The summed E-state index contributed by atoms with van der Waals surface area (Å²) < 4.78 is 42.3. The lowest BCUT2D eigenvalue weighted by Crippen LogP contribution is -2.35. The molecule has 0 saturated carbocycles. The number of aromatic nitrogens is 2. The van der Waals surface area contributed by atoms with Gasteiger partial charge in [0.15, 0.2) is 11.7 Å². The maximum atomic E-state index is 13.9. The number of nitrogens with zero attached hydrogens (tertiary/aromatic N) is 2. The van der Waals surface area contributed by atoms with E-state index in [4.69, 9.17) is 11.6 Å². The van der Waals surface area contributed by atoms with Crippen molar-refractivity contribution in [3.05, 3.63) is 82.0 Å². The molecule has 0 unspecified atom stereocenters. The summed E-state index contributed by atoms with van der Waals surface area (Å²) in [5.74, 6) is -0.643. The van der Waals surface area contributed by atoms with E-state index in [9.17, 15) is 18.0 Å². The highest BCUT2D eigenvalue weighted by molar-refractivity contribution is 6.36. The molecular formula is C22H20ClF3N4O. The molecule has 2 aromatic carbocycles. The third kappa shape index (κ3) is 4.39. The van der Waals surface area contributed by atoms with Crippen molar-refractivity contribution in [2.75, 3.05) is 5.32 Å². The lowest BCUT2D eigenvalue weighted by atomic mass is 9.96. The lowest BCUT2D eigenvalue weighted by molar-refractivity contribution is -0.173. The number of halogens is 4. The molecule has 0 aliphatic carbocycles. The smallest absolute Gasteiger partial charge is 0.362 e. The van der Waals surface area contributed by atoms with Crippen LogP contribution in [0.3, 0.4) is 0 Å². The van der Waals surface area contributed by atoms with Crippen LogP contribution in [0.25, 0.3) is 0 Å². The number of carbonyl (C=O) groups is 1. The Morgan fingerprint density at radius 1 is 1.19 bits per heavy atom. The fourth-order valence-corrected chi connectivity index (χ4v) is 3.88. The number of carbonyl (C=O) groups excluding carboxylic acids is 1. The molecule has 0 spiro atoms. The molecule has 1 aromatic heterocycles. The molecule has 31 heavy (non-hydrogen) atoms. The van der Waals surface area contributed by atoms with Crippen LogP contribution in [-0.2, 0) is 6.54 Å². The Morgan fingerprint density at radius 2 is 1.87 bits per heavy atom. The standard InChI is InChI=1S/C22H20ClF3N4O/c1-13-7-9-15(10-8-13)16-11-17(22(24,25)26)30-20(28-16)18(23)19(29-30)21(31)27-12-14-5-3-2-4-6-14/h2-10,16-17,28H,11-12H2,1H3,(H,27,31)/t16-,17-/m0/s1. The Balaban J connectivity index is 1.64. The van der Waals surface area contributed by atoms with E-state index in [0.717, 1.165) is 15.8 Å². The van der Waals surface area contributed by atoms with Gasteiger partial charge in [-0.2, -0.15) is 18.3 Å². The minimum atomic E-state index is -4.55. The zero-order chi connectivity index (χ0) is 22.2. The Kier molecular flexibility index (Phi) is 5.66. The average Bonchev–Trinajstić information content (AvgIpc) is 3.08. The first-order valence-electron chi connectivity index (χ1n) is 9.74. The van der Waals surface area contributed by atoms with E-state index < -0.39 is 24.2 Å². The number of amides is 1. The molecule has 1 aliphatic rings. The molecule has 1 amide bonds. The maximum absolute atomic E-state index is 13.9. The van der Waals surface area contributed by atoms with Crippen LogP contribution < -0.4 is 10.6 Å². The number of anilines is 1. The van der Waals surface area contributed by atoms with Crippen molar-refractivity contribution in [2.45, 2.75) is 38.1 Å². The van der Waals surface area contributed by atoms with E-state index in [1.165, 1.54) is 0 Å². The van der Waals surface area contributed by atoms with E-state index in [2.05, 4.69) is 15.7 Å². The summed E-state index contributed by atoms with van der Waals surface area (Å²) in [5.41, 5.74) is 2.33. The van der Waals surface area contributed by atoms with E-state index >= 15 is 0 Å². The summed E-state index contributed by atoms with van der Waals surface area (Å²) in [4.78, 5) is 12.6. The number of benzene rings is 2. The van der Waals surface area contributed by atoms with E-state index in [1.54, 1.807) is 12.1 Å². The first kappa shape index (κ1) is 21.2. The molecule has 0 fully saturated rings. The summed E-state index contributed by atoms with van der Waals surface area (Å²) in [5, 5.41) is 9.52. The van der Waals surface area contributed by atoms with Gasteiger partial charge in [-0.3, -0.25) is 4.79 Å². The van der Waals surface area contributed by atoms with Gasteiger partial charge in [0, 0.05) is 13.0 Å². The molecular weight excluding hydrogens is 429 g/mol. The van der Waals surface area contributed by atoms with E-state index in [-0.39, 0.29) is 29.5 Å². The van der Waals surface area contributed by atoms with Crippen molar-refractivity contribution in [1.82, 2.24) is 15.1 Å². The van der Waals surface area contributed by atoms with Gasteiger partial charge in [0.2, 0.25) is 0 Å². The molecule has 0 saturated heterocycles. The van der Waals surface area contributed by atoms with Crippen molar-refractivity contribution in [1.29, 1.82) is 0 Å². The molecule has 5 nitrogen and oxygen atoms in total. The molecule has 9 heteroatoms. The Hall–Kier alpha value is -3.00. The zero-order valence-corrected chi connectivity index (χ0v) is 17.3. The monoisotopic (exact) mass is 448 g/mol. The summed E-state index contributed by atoms with van der Waals surface area (Å²) in [6.45, 7) is 2.11. The number of rotatable bonds is 4. The summed E-state index contributed by atoms with van der Waals surface area (Å²) in [6, 6.07) is 13.9. The molecule has 1 aliphatic heterocycles. The third-order valence-electron chi connectivity index (χ3n) is 5.29. The van der Waals surface area contributed by atoms with Gasteiger partial charge in [0.05, 0.1) is 6.04 Å². The summed E-state index contributed by atoms with van der Waals surface area (Å²) in [7, 11) is 0. The van der Waals surface area contributed by atoms with Crippen LogP contribution in [0.2, 0.25) is 5.02 Å². The van der Waals surface area contributed by atoms with Crippen molar-refractivity contribution < 1.29 is 18.0 Å². The predicted molar refractivity (Wildman–Crippen MR) is 112 cm³/mol. The van der Waals surface area contributed by atoms with Crippen LogP contribution in [0.1, 0.15) is 45.7 Å². The van der Waals surface area contributed by atoms with Gasteiger partial charge in [0.1, 0.15) is 10.8 Å². The van der Waals surface area contributed by atoms with Crippen molar-refractivity contribution in [2.24, 2.45) is 0 Å². The number of hydrogen-bond acceptors (Lipinski definition) is 3. The second-order valence-corrected chi connectivity index (χ2v) is 7.90. The summed E-state index contributed by atoms with van der Waals surface area (Å²) >= 11 is 6.34. The first-order valence-corrected chi connectivity index (χ1v) is 10.1. The fourth-order valence-electron chi connectivity index (χ4n) is 3.61. The lowest BCUT2D eigenvalue weighted by Gasteiger charge is -2.33. The number of nitrogens with one attached hydrogen (secondary N) is 2. The molecule has 0 bridgehead atoms. The highest BCUT2D eigenvalue weighted by Gasteiger charge is 2.47. The van der Waals surface area contributed by atoms with Crippen LogP contribution >= 0.6 is 11.6 Å². The second kappa shape index (κ2) is 8.26. The minimum absolute atomic E-state index is 0.00863. The minimum Gasteiger partial charge on any atom is -0.362 e. The summed E-state index contributed by atoms with van der Waals surface area (Å²) in [6.07, 6.45) is -4.81. The van der Waals surface area contributed by atoms with Gasteiger partial charge < -0.3 is 10.6 Å². The predicted octanol–water partition coefficient (Wildman–Crippen LogP) is 5.44. The van der Waals surface area contributed by atoms with Crippen molar-refractivity contribution >= 4 is 23.3 Å². The van der Waals surface area contributed by atoms with Gasteiger partial charge in [0.25, 0.3) is 5.91 Å². The maximum Gasteiger partial charge on any atom is 0.410 e. The highest BCUT2D eigenvalue weighted by atomic mass is 35.5. The quantitative estimate of drug-likeness (QED) is 0.559. The van der Waals surface area contributed by atoms with E-state index in [0.29, 0.717) is 5.56 Å². The third-order valence-corrected chi connectivity index (χ3v) is 5.64. The molecule has 0 radical (unpaired) electrons. The normalized spacial score (nSPS) is 18.2. The van der Waals surface area contributed by atoms with Gasteiger partial charge in [-0.15, -0.1) is 0 Å². The van der Waals surface area contributed by atoms with Crippen LogP contribution in [0.15, 0.2) is 54.6 Å². The molecule has 2 heterocycles. The Labute approximate surface area is 182 Å². The van der Waals surface area contributed by atoms with Crippen LogP contribution in [-0.4, -0.2) is 21.9 Å². The SMILES string of the molecule is Cc1ccc([C@@H]2C[C@@H](C(F)(F)F)n3nc(C(=O)NCc4ccccc4)c(Cl)c3N2)cc1. The Bertz CT molecular complexity index is 1080. The topological polar surface area (TPSA) is 59.0 Å². The van der Waals surface area contributed by atoms with Crippen molar-refractivity contribution in [3.63, 3.8) is 0 Å². The molecule has 2 atom stereocenters. The Morgan fingerprint density at radius 3 is 2.52 bits per heavy atom. The first-order chi connectivity index (χ1) is 14.7. The van der Waals surface area contributed by atoms with Gasteiger partial charge >= 0.3 is 6.18 Å². The second-order valence-electron chi connectivity index (χ2n) is 7.52. The number of fused-ring (bicyclic) bond motifs is 1. The number of hydrogen-bond donors (Lipinski definition) is 2.